The number of nitrogens with zero attached hydrogens (tertiary/aromatic N) is 3. The van der Waals surface area contributed by atoms with Crippen LogP contribution in [0.5, 0.6) is 0 Å². The van der Waals surface area contributed by atoms with Crippen LogP contribution in [0.25, 0.3) is 11.1 Å². The predicted molar refractivity (Wildman–Crippen MR) is 141 cm³/mol. The zero-order valence-electron chi connectivity index (χ0n) is 21.3. The fourth-order valence-corrected chi connectivity index (χ4v) is 8.80. The summed E-state index contributed by atoms with van der Waals surface area (Å²) in [6, 6.07) is 2.46. The Bertz CT molecular complexity index is 1620. The molecule has 13 nitrogen and oxygen atoms in total. The van der Waals surface area contributed by atoms with E-state index in [1.54, 1.807) is 0 Å². The summed E-state index contributed by atoms with van der Waals surface area (Å²) in [4.78, 5) is 34.2. The van der Waals surface area contributed by atoms with E-state index in [1.165, 1.54) is 4.31 Å². The van der Waals surface area contributed by atoms with Crippen LogP contribution < -0.4 is 0 Å². The van der Waals surface area contributed by atoms with Gasteiger partial charge in [-0.1, -0.05) is 38.5 Å². The van der Waals surface area contributed by atoms with Gasteiger partial charge >= 0.3 is 0 Å². The Kier molecular flexibility index (Phi) is 7.27. The van der Waals surface area contributed by atoms with E-state index in [2.05, 4.69) is 0 Å². The molecule has 2 aromatic rings. The van der Waals surface area contributed by atoms with E-state index in [0.717, 1.165) is 50.7 Å². The van der Waals surface area contributed by atoms with Crippen LogP contribution in [0, 0.1) is 20.2 Å². The minimum absolute atomic E-state index is 0.291. The van der Waals surface area contributed by atoms with Crippen molar-refractivity contribution in [3.63, 3.8) is 0 Å². The molecule has 40 heavy (non-hydrogen) atoms. The minimum atomic E-state index is -4.98. The van der Waals surface area contributed by atoms with Crippen molar-refractivity contribution in [1.29, 1.82) is 0 Å². The van der Waals surface area contributed by atoms with E-state index in [0.29, 0.717) is 37.8 Å². The SMILES string of the molecule is O=C1c2cc(S(=O)(=O)O)cc([N+](=O)[O-])c2-c2c1cc(S(=O)(=O)N(C1CCCCC1)C1CCCCC1)cc2[N+](=O)[O-]. The van der Waals surface area contributed by atoms with Crippen LogP contribution in [-0.4, -0.2) is 53.4 Å². The van der Waals surface area contributed by atoms with E-state index in [9.17, 15) is 46.4 Å². The highest BCUT2D eigenvalue weighted by Gasteiger charge is 2.44. The van der Waals surface area contributed by atoms with Gasteiger partial charge in [-0.2, -0.15) is 12.7 Å². The number of sulfonamides is 1. The van der Waals surface area contributed by atoms with E-state index >= 15 is 0 Å². The Morgan fingerprint density at radius 3 is 1.50 bits per heavy atom. The van der Waals surface area contributed by atoms with Gasteiger partial charge in [0.15, 0.2) is 5.78 Å². The molecule has 2 saturated carbocycles. The number of nitro benzene ring substituents is 2. The molecule has 2 aromatic carbocycles. The van der Waals surface area contributed by atoms with Gasteiger partial charge in [0.2, 0.25) is 10.0 Å². The summed E-state index contributed by atoms with van der Waals surface area (Å²) in [7, 11) is -9.32. The number of benzene rings is 2. The summed E-state index contributed by atoms with van der Waals surface area (Å²) in [6.07, 6.45) is 7.96. The van der Waals surface area contributed by atoms with Gasteiger partial charge in [0.25, 0.3) is 21.5 Å². The highest BCUT2D eigenvalue weighted by Crippen LogP contribution is 2.49. The molecule has 0 atom stereocenters. The second kappa shape index (κ2) is 10.3. The smallest absolute Gasteiger partial charge is 0.289 e. The van der Waals surface area contributed by atoms with Gasteiger partial charge in [0, 0.05) is 35.3 Å². The predicted octanol–water partition coefficient (Wildman–Crippen LogP) is 4.62. The van der Waals surface area contributed by atoms with Crippen LogP contribution in [0.3, 0.4) is 0 Å². The fraction of sp³-hybridized carbons (Fsp3) is 0.480. The van der Waals surface area contributed by atoms with Gasteiger partial charge in [-0.05, 0) is 37.8 Å². The molecule has 0 spiro atoms. The third-order valence-corrected chi connectivity index (χ3v) is 10.9. The van der Waals surface area contributed by atoms with E-state index in [1.807, 2.05) is 0 Å². The molecule has 1 N–H and O–H groups in total. The molecule has 0 bridgehead atoms. The molecule has 0 amide bonds. The van der Waals surface area contributed by atoms with Crippen molar-refractivity contribution in [3.8, 4) is 11.1 Å². The van der Waals surface area contributed by atoms with Crippen molar-refractivity contribution in [3.05, 3.63) is 55.6 Å². The average molecular weight is 594 g/mol. The molecule has 15 heteroatoms. The summed E-state index contributed by atoms with van der Waals surface area (Å²) in [6.45, 7) is 0. The van der Waals surface area contributed by atoms with Crippen molar-refractivity contribution < 1.29 is 36.0 Å². The molecular formula is C25H27N3O10S2. The van der Waals surface area contributed by atoms with Crippen molar-refractivity contribution >= 4 is 37.3 Å². The maximum absolute atomic E-state index is 14.2. The maximum atomic E-state index is 14.2. The van der Waals surface area contributed by atoms with Gasteiger partial charge < -0.3 is 0 Å². The number of hydrogen-bond donors (Lipinski definition) is 1. The number of ketones is 1. The molecule has 3 aliphatic rings. The lowest BCUT2D eigenvalue weighted by Gasteiger charge is -2.40. The van der Waals surface area contributed by atoms with Crippen LogP contribution >= 0.6 is 0 Å². The molecule has 0 heterocycles. The zero-order chi connectivity index (χ0) is 29.0. The first-order valence-electron chi connectivity index (χ1n) is 13.0. The van der Waals surface area contributed by atoms with Gasteiger partial charge in [0.05, 0.1) is 25.9 Å². The van der Waals surface area contributed by atoms with Crippen molar-refractivity contribution in [2.75, 3.05) is 0 Å². The molecule has 0 aromatic heterocycles. The molecule has 2 fully saturated rings. The Balaban J connectivity index is 1.72. The average Bonchev–Trinajstić information content (AvgIpc) is 3.20. The van der Waals surface area contributed by atoms with Crippen molar-refractivity contribution in [1.82, 2.24) is 4.31 Å². The first-order chi connectivity index (χ1) is 18.8. The first-order valence-corrected chi connectivity index (χ1v) is 15.9. The second-order valence-corrected chi connectivity index (χ2v) is 13.7. The molecule has 0 saturated heterocycles. The molecular weight excluding hydrogens is 566 g/mol. The summed E-state index contributed by atoms with van der Waals surface area (Å²) in [5.41, 5.74) is -3.72. The normalized spacial score (nSPS) is 18.5. The van der Waals surface area contributed by atoms with Crippen molar-refractivity contribution in [2.45, 2.75) is 86.1 Å². The summed E-state index contributed by atoms with van der Waals surface area (Å²) in [5, 5.41) is 24.1. The van der Waals surface area contributed by atoms with E-state index < -0.39 is 79.2 Å². The quantitative estimate of drug-likeness (QED) is 0.229. The largest absolute Gasteiger partial charge is 0.294 e. The van der Waals surface area contributed by atoms with Crippen LogP contribution in [0.15, 0.2) is 34.1 Å². The third kappa shape index (κ3) is 4.80. The molecule has 5 rings (SSSR count). The first kappa shape index (κ1) is 28.3. The third-order valence-electron chi connectivity index (χ3n) is 8.06. The lowest BCUT2D eigenvalue weighted by molar-refractivity contribution is -0.386. The summed E-state index contributed by atoms with van der Waals surface area (Å²) >= 11 is 0. The molecule has 214 valence electrons. The van der Waals surface area contributed by atoms with Crippen LogP contribution in [0.2, 0.25) is 0 Å². The summed E-state index contributed by atoms with van der Waals surface area (Å²) in [5.74, 6) is -1.01. The zero-order valence-corrected chi connectivity index (χ0v) is 22.9. The summed E-state index contributed by atoms with van der Waals surface area (Å²) < 4.78 is 62.9. The Labute approximate surface area is 230 Å². The van der Waals surface area contributed by atoms with Gasteiger partial charge in [0.1, 0.15) is 4.90 Å². The number of carbonyl (C=O) groups excluding carboxylic acids is 1. The topological polar surface area (TPSA) is 195 Å². The van der Waals surface area contributed by atoms with Crippen LogP contribution in [0.1, 0.15) is 80.1 Å². The van der Waals surface area contributed by atoms with Gasteiger partial charge in [-0.3, -0.25) is 29.6 Å². The van der Waals surface area contributed by atoms with E-state index in [4.69, 9.17) is 0 Å². The Morgan fingerprint density at radius 2 is 1.10 bits per heavy atom. The standard InChI is InChI=1S/C25H27N3O10S2/c29-25-19-11-17(39(34,35)26(15-7-3-1-4-8-15)16-9-5-2-6-10-16)13-21(27(30)31)23(19)24-20(25)12-18(40(36,37)38)14-22(24)28(32)33/h11-16H,1-10H2,(H,36,37,38). The number of carbonyl (C=O) groups is 1. The van der Waals surface area contributed by atoms with Gasteiger partial charge in [-0.15, -0.1) is 0 Å². The molecule has 0 aliphatic heterocycles. The Hall–Kier alpha value is -3.27. The number of nitro groups is 2. The lowest BCUT2D eigenvalue weighted by atomic mass is 9.91. The molecule has 0 radical (unpaired) electrons. The maximum Gasteiger partial charge on any atom is 0.294 e. The number of hydrogen-bond acceptors (Lipinski definition) is 9. The minimum Gasteiger partial charge on any atom is -0.289 e. The second-order valence-electron chi connectivity index (χ2n) is 10.5. The molecule has 0 unspecified atom stereocenters. The van der Waals surface area contributed by atoms with Gasteiger partial charge in [-0.25, -0.2) is 8.42 Å². The molecule has 3 aliphatic carbocycles. The number of fused-ring (bicyclic) bond motifs is 3. The van der Waals surface area contributed by atoms with Crippen LogP contribution in [0.4, 0.5) is 11.4 Å². The highest BCUT2D eigenvalue weighted by atomic mass is 32.2. The highest BCUT2D eigenvalue weighted by molar-refractivity contribution is 7.89. The van der Waals surface area contributed by atoms with Crippen LogP contribution in [-0.2, 0) is 20.1 Å². The monoisotopic (exact) mass is 593 g/mol. The van der Waals surface area contributed by atoms with E-state index in [-0.39, 0.29) is 12.1 Å². The Morgan fingerprint density at radius 1 is 0.700 bits per heavy atom. The number of rotatable bonds is 7. The lowest BCUT2D eigenvalue weighted by Crippen LogP contribution is -2.48. The fourth-order valence-electron chi connectivity index (χ4n) is 6.30. The van der Waals surface area contributed by atoms with Crippen molar-refractivity contribution in [2.24, 2.45) is 0 Å².